The van der Waals surface area contributed by atoms with E-state index >= 15 is 0 Å². The molecule has 0 bridgehead atoms. The van der Waals surface area contributed by atoms with Gasteiger partial charge in [-0.15, -0.1) is 0 Å². The fraction of sp³-hybridized carbons (Fsp3) is 0.0833. The van der Waals surface area contributed by atoms with Crippen LogP contribution in [0.4, 0.5) is 11.5 Å². The van der Waals surface area contributed by atoms with Crippen LogP contribution in [0.2, 0.25) is 0 Å². The zero-order valence-electron chi connectivity index (χ0n) is 10.3. The average molecular weight is 272 g/mol. The molecule has 0 fully saturated rings. The van der Waals surface area contributed by atoms with Crippen LogP contribution < -0.4 is 0 Å². The molecule has 0 spiro atoms. The number of carbonyl (C=O) groups excluding carboxylic acids is 1. The molecule has 1 aliphatic rings. The summed E-state index contributed by atoms with van der Waals surface area (Å²) in [6.45, 7) is 0. The highest BCUT2D eigenvalue weighted by molar-refractivity contribution is 6.51. The van der Waals surface area contributed by atoms with E-state index in [4.69, 9.17) is 0 Å². The number of benzene rings is 1. The molecule has 8 nitrogen and oxygen atoms in total. The van der Waals surface area contributed by atoms with Crippen LogP contribution in [0.3, 0.4) is 0 Å². The number of fused-ring (bicyclic) bond motifs is 1. The first-order valence-corrected chi connectivity index (χ1v) is 5.66. The maximum absolute atomic E-state index is 12.2. The third-order valence-electron chi connectivity index (χ3n) is 3.15. The van der Waals surface area contributed by atoms with Gasteiger partial charge in [-0.2, -0.15) is 4.74 Å². The van der Waals surface area contributed by atoms with Crippen LogP contribution >= 0.6 is 0 Å². The van der Waals surface area contributed by atoms with Crippen molar-refractivity contribution in [3.8, 4) is 0 Å². The summed E-state index contributed by atoms with van der Waals surface area (Å²) in [7, 11) is 1.39. The van der Waals surface area contributed by atoms with E-state index in [9.17, 15) is 20.1 Å². The summed E-state index contributed by atoms with van der Waals surface area (Å²) in [6, 6.07) is 6.34. The van der Waals surface area contributed by atoms with Crippen molar-refractivity contribution >= 4 is 23.0 Å². The molecular formula is C12H8N4O4. The van der Waals surface area contributed by atoms with Crippen molar-refractivity contribution in [1.29, 1.82) is 0 Å². The summed E-state index contributed by atoms with van der Waals surface area (Å²) >= 11 is 0. The SMILES string of the molecule is Cn1c([N+](=O)[O-])cnc1C1=[N+]([O-])c2ccccc2C1=O. The van der Waals surface area contributed by atoms with Gasteiger partial charge in [-0.3, -0.25) is 4.79 Å². The van der Waals surface area contributed by atoms with Gasteiger partial charge in [0.05, 0.1) is 7.05 Å². The van der Waals surface area contributed by atoms with Crippen LogP contribution in [-0.4, -0.2) is 30.7 Å². The molecule has 0 aliphatic carbocycles. The lowest BCUT2D eigenvalue weighted by Gasteiger charge is -2.00. The second-order valence-electron chi connectivity index (χ2n) is 4.25. The number of nitrogens with zero attached hydrogens (tertiary/aromatic N) is 4. The van der Waals surface area contributed by atoms with Gasteiger partial charge >= 0.3 is 11.5 Å². The molecule has 0 atom stereocenters. The molecule has 2 heterocycles. The number of carbonyl (C=O) groups is 1. The van der Waals surface area contributed by atoms with Gasteiger partial charge in [0.25, 0.3) is 11.6 Å². The average Bonchev–Trinajstić information content (AvgIpc) is 2.91. The van der Waals surface area contributed by atoms with Gasteiger partial charge in [0, 0.05) is 6.07 Å². The molecule has 3 rings (SSSR count). The van der Waals surface area contributed by atoms with Crippen LogP contribution in [0.1, 0.15) is 16.2 Å². The van der Waals surface area contributed by atoms with Crippen LogP contribution in [0.15, 0.2) is 30.5 Å². The van der Waals surface area contributed by atoms with Crippen LogP contribution in [0, 0.1) is 15.3 Å². The quantitative estimate of drug-likeness (QED) is 0.353. The molecular weight excluding hydrogens is 264 g/mol. The lowest BCUT2D eigenvalue weighted by Crippen LogP contribution is -2.21. The van der Waals surface area contributed by atoms with Gasteiger partial charge in [-0.25, -0.2) is 9.55 Å². The summed E-state index contributed by atoms with van der Waals surface area (Å²) < 4.78 is 1.58. The third-order valence-corrected chi connectivity index (χ3v) is 3.15. The van der Waals surface area contributed by atoms with Crippen molar-refractivity contribution in [2.45, 2.75) is 0 Å². The minimum Gasteiger partial charge on any atom is -0.618 e. The normalized spacial score (nSPS) is 13.8. The molecule has 0 N–H and O–H groups in total. The van der Waals surface area contributed by atoms with Gasteiger partial charge in [0.15, 0.2) is 0 Å². The van der Waals surface area contributed by atoms with Gasteiger partial charge in [-0.1, -0.05) is 12.1 Å². The standard InChI is InChI=1S/C12H8N4O4/c1-14-9(16(19)20)6-13-12(14)10-11(17)7-4-2-3-5-8(7)15(10)18/h2-6H,1H3. The number of para-hydroxylation sites is 1. The van der Waals surface area contributed by atoms with Gasteiger partial charge in [0.2, 0.25) is 5.69 Å². The van der Waals surface area contributed by atoms with E-state index in [0.717, 1.165) is 10.8 Å². The number of imidazole rings is 1. The van der Waals surface area contributed by atoms with E-state index in [-0.39, 0.29) is 28.6 Å². The second kappa shape index (κ2) is 3.98. The fourth-order valence-corrected chi connectivity index (χ4v) is 2.17. The molecule has 8 heteroatoms. The summed E-state index contributed by atoms with van der Waals surface area (Å²) in [5, 5.41) is 23.0. The minimum atomic E-state index is -0.626. The number of hydrogen-bond donors (Lipinski definition) is 0. The van der Waals surface area contributed by atoms with Crippen molar-refractivity contribution < 1.29 is 14.5 Å². The van der Waals surface area contributed by atoms with Crippen LogP contribution in [-0.2, 0) is 7.05 Å². The number of ketones is 1. The van der Waals surface area contributed by atoms with E-state index in [0.29, 0.717) is 4.74 Å². The first kappa shape index (κ1) is 12.0. The van der Waals surface area contributed by atoms with E-state index in [1.165, 1.54) is 19.2 Å². The second-order valence-corrected chi connectivity index (χ2v) is 4.25. The fourth-order valence-electron chi connectivity index (χ4n) is 2.17. The number of aromatic nitrogens is 2. The number of nitro groups is 1. The van der Waals surface area contributed by atoms with Crippen molar-refractivity contribution in [3.63, 3.8) is 0 Å². The Morgan fingerprint density at radius 2 is 2.05 bits per heavy atom. The predicted molar refractivity (Wildman–Crippen MR) is 68.0 cm³/mol. The molecule has 0 saturated heterocycles. The maximum atomic E-state index is 12.2. The minimum absolute atomic E-state index is 0.0205. The Morgan fingerprint density at radius 1 is 1.35 bits per heavy atom. The highest BCUT2D eigenvalue weighted by atomic mass is 16.6. The molecule has 1 aromatic carbocycles. The lowest BCUT2D eigenvalue weighted by molar-refractivity contribution is -0.392. The Bertz CT molecular complexity index is 791. The Hall–Kier alpha value is -3.03. The smallest absolute Gasteiger partial charge is 0.343 e. The molecule has 0 amide bonds. The molecule has 2 aromatic rings. The van der Waals surface area contributed by atoms with Crippen molar-refractivity contribution in [2.75, 3.05) is 0 Å². The summed E-state index contributed by atoms with van der Waals surface area (Å²) in [6.07, 6.45) is 1.02. The van der Waals surface area contributed by atoms with Crippen LogP contribution in [0.5, 0.6) is 0 Å². The highest BCUT2D eigenvalue weighted by Gasteiger charge is 2.41. The first-order chi connectivity index (χ1) is 9.52. The molecule has 0 saturated carbocycles. The van der Waals surface area contributed by atoms with E-state index in [1.54, 1.807) is 12.1 Å². The monoisotopic (exact) mass is 272 g/mol. The predicted octanol–water partition coefficient (Wildman–Crippen LogP) is 1.16. The number of rotatable bonds is 2. The van der Waals surface area contributed by atoms with Crippen molar-refractivity contribution in [2.24, 2.45) is 7.05 Å². The van der Waals surface area contributed by atoms with E-state index in [2.05, 4.69) is 4.98 Å². The Kier molecular flexibility index (Phi) is 2.40. The van der Waals surface area contributed by atoms with E-state index in [1.807, 2.05) is 0 Å². The lowest BCUT2D eigenvalue weighted by atomic mass is 10.1. The largest absolute Gasteiger partial charge is 0.618 e. The third kappa shape index (κ3) is 1.44. The zero-order valence-corrected chi connectivity index (χ0v) is 10.3. The molecule has 0 unspecified atom stereocenters. The Morgan fingerprint density at radius 3 is 2.65 bits per heavy atom. The van der Waals surface area contributed by atoms with Crippen molar-refractivity contribution in [3.05, 3.63) is 57.2 Å². The molecule has 1 aromatic heterocycles. The summed E-state index contributed by atoms with van der Waals surface area (Å²) in [5.41, 5.74) is 0.281. The number of Topliss-reactive ketones (excluding diaryl/α,β-unsaturated/α-hetero) is 1. The topological polar surface area (TPSA) is 104 Å². The molecule has 1 aliphatic heterocycles. The van der Waals surface area contributed by atoms with Crippen molar-refractivity contribution in [1.82, 2.24) is 9.55 Å². The summed E-state index contributed by atoms with van der Waals surface area (Å²) in [4.78, 5) is 26.2. The Labute approximate surface area is 112 Å². The first-order valence-electron chi connectivity index (χ1n) is 5.66. The Balaban J connectivity index is 2.20. The molecule has 100 valence electrons. The number of hydrogen-bond acceptors (Lipinski definition) is 5. The van der Waals surface area contributed by atoms with Crippen LogP contribution in [0.25, 0.3) is 0 Å². The highest BCUT2D eigenvalue weighted by Crippen LogP contribution is 2.28. The van der Waals surface area contributed by atoms with Gasteiger partial charge < -0.3 is 15.3 Å². The maximum Gasteiger partial charge on any atom is 0.343 e. The zero-order chi connectivity index (χ0) is 14.4. The van der Waals surface area contributed by atoms with Gasteiger partial charge in [0.1, 0.15) is 11.8 Å². The van der Waals surface area contributed by atoms with Gasteiger partial charge in [-0.05, 0) is 11.0 Å². The molecule has 20 heavy (non-hydrogen) atoms. The van der Waals surface area contributed by atoms with E-state index < -0.39 is 10.7 Å². The molecule has 0 radical (unpaired) electrons. The summed E-state index contributed by atoms with van der Waals surface area (Å²) in [5.74, 6) is -0.795.